The van der Waals surface area contributed by atoms with E-state index >= 15 is 0 Å². The minimum Gasteiger partial charge on any atom is -0.480 e. The number of hydrogen-bond donors (Lipinski definition) is 2. The van der Waals surface area contributed by atoms with E-state index in [2.05, 4.69) is 5.32 Å². The van der Waals surface area contributed by atoms with E-state index in [-0.39, 0.29) is 13.2 Å². The fraction of sp³-hybridized carbons (Fsp3) is 0.526. The number of amides is 2. The Morgan fingerprint density at radius 3 is 2.30 bits per heavy atom. The van der Waals surface area contributed by atoms with Gasteiger partial charge in [-0.2, -0.15) is 0 Å². The molecule has 2 unspecified atom stereocenters. The highest BCUT2D eigenvalue weighted by atomic mass is 16.6. The van der Waals surface area contributed by atoms with E-state index in [4.69, 9.17) is 9.47 Å². The van der Waals surface area contributed by atoms with Crippen molar-refractivity contribution < 1.29 is 29.0 Å². The zero-order valence-electron chi connectivity index (χ0n) is 16.4. The number of hydrogen-bond acceptors (Lipinski definition) is 5. The number of benzene rings is 1. The number of aliphatic carboxylic acids is 1. The molecule has 1 aromatic carbocycles. The van der Waals surface area contributed by atoms with Gasteiger partial charge in [-0.25, -0.2) is 9.59 Å². The zero-order valence-corrected chi connectivity index (χ0v) is 16.4. The number of rotatable bonds is 8. The Labute approximate surface area is 159 Å². The van der Waals surface area contributed by atoms with Gasteiger partial charge in [-0.1, -0.05) is 30.3 Å². The Morgan fingerprint density at radius 1 is 1.19 bits per heavy atom. The van der Waals surface area contributed by atoms with Crippen molar-refractivity contribution in [3.8, 4) is 0 Å². The molecule has 0 spiro atoms. The second kappa shape index (κ2) is 9.91. The first-order valence-electron chi connectivity index (χ1n) is 8.62. The lowest BCUT2D eigenvalue weighted by molar-refractivity contribution is -0.144. The third kappa shape index (κ3) is 8.08. The van der Waals surface area contributed by atoms with Crippen LogP contribution in [-0.2, 0) is 25.7 Å². The van der Waals surface area contributed by atoms with Crippen molar-refractivity contribution in [2.24, 2.45) is 0 Å². The quantitative estimate of drug-likeness (QED) is 0.715. The molecule has 0 saturated heterocycles. The minimum atomic E-state index is -1.23. The highest BCUT2D eigenvalue weighted by Gasteiger charge is 2.29. The molecule has 0 saturated carbocycles. The van der Waals surface area contributed by atoms with Gasteiger partial charge in [0.2, 0.25) is 5.91 Å². The first-order valence-corrected chi connectivity index (χ1v) is 8.62. The van der Waals surface area contributed by atoms with E-state index < -0.39 is 35.7 Å². The average Bonchev–Trinajstić information content (AvgIpc) is 2.58. The molecule has 0 aliphatic carbocycles. The average molecular weight is 380 g/mol. The van der Waals surface area contributed by atoms with Gasteiger partial charge in [0.05, 0.1) is 13.2 Å². The van der Waals surface area contributed by atoms with Crippen LogP contribution in [0, 0.1) is 0 Å². The number of nitrogens with one attached hydrogen (secondary N) is 1. The summed E-state index contributed by atoms with van der Waals surface area (Å²) < 4.78 is 10.6. The molecule has 0 aliphatic rings. The Balaban J connectivity index is 2.58. The summed E-state index contributed by atoms with van der Waals surface area (Å²) in [6.45, 7) is 6.67. The second-order valence-corrected chi connectivity index (χ2v) is 7.17. The summed E-state index contributed by atoms with van der Waals surface area (Å²) in [7, 11) is 1.42. The van der Waals surface area contributed by atoms with Gasteiger partial charge < -0.3 is 19.9 Å². The highest BCUT2D eigenvalue weighted by molar-refractivity contribution is 5.88. The van der Waals surface area contributed by atoms with E-state index in [1.54, 1.807) is 20.8 Å². The van der Waals surface area contributed by atoms with Crippen LogP contribution in [0.15, 0.2) is 30.3 Å². The molecular formula is C19H28N2O6. The molecule has 0 aromatic heterocycles. The Kier molecular flexibility index (Phi) is 8.24. The standard InChI is InChI=1S/C19H28N2O6/c1-13(21(5)18(25)27-19(2,3)4)16(22)20-15(17(23)24)12-26-11-14-9-7-6-8-10-14/h6-10,13,15H,11-12H2,1-5H3,(H,20,22)(H,23,24). The summed E-state index contributed by atoms with van der Waals surface area (Å²) >= 11 is 0. The van der Waals surface area contributed by atoms with Crippen LogP contribution >= 0.6 is 0 Å². The van der Waals surface area contributed by atoms with Crippen molar-refractivity contribution in [1.82, 2.24) is 10.2 Å². The van der Waals surface area contributed by atoms with Gasteiger partial charge in [0.1, 0.15) is 11.6 Å². The van der Waals surface area contributed by atoms with Crippen molar-refractivity contribution in [2.75, 3.05) is 13.7 Å². The molecule has 8 heteroatoms. The number of carbonyl (C=O) groups is 3. The summed E-state index contributed by atoms with van der Waals surface area (Å²) in [5.74, 6) is -1.83. The zero-order chi connectivity index (χ0) is 20.6. The van der Waals surface area contributed by atoms with E-state index in [0.29, 0.717) is 0 Å². The third-order valence-corrected chi connectivity index (χ3v) is 3.65. The number of nitrogens with zero attached hydrogens (tertiary/aromatic N) is 1. The van der Waals surface area contributed by atoms with Crippen molar-refractivity contribution in [1.29, 1.82) is 0 Å². The third-order valence-electron chi connectivity index (χ3n) is 3.65. The lowest BCUT2D eigenvalue weighted by Gasteiger charge is -2.28. The normalized spacial score (nSPS) is 13.4. The number of ether oxygens (including phenoxy) is 2. The van der Waals surface area contributed by atoms with Gasteiger partial charge in [0, 0.05) is 7.05 Å². The molecule has 0 radical (unpaired) electrons. The molecule has 8 nitrogen and oxygen atoms in total. The van der Waals surface area contributed by atoms with Crippen molar-refractivity contribution in [2.45, 2.75) is 52.0 Å². The van der Waals surface area contributed by atoms with Gasteiger partial charge in [-0.05, 0) is 33.3 Å². The molecule has 27 heavy (non-hydrogen) atoms. The number of carboxylic acid groups (broad SMARTS) is 1. The van der Waals surface area contributed by atoms with Crippen LogP contribution in [-0.4, -0.2) is 59.3 Å². The number of carbonyl (C=O) groups excluding carboxylic acids is 2. The molecule has 1 aromatic rings. The Bertz CT molecular complexity index is 641. The lowest BCUT2D eigenvalue weighted by Crippen LogP contribution is -2.52. The van der Waals surface area contributed by atoms with E-state index in [9.17, 15) is 19.5 Å². The first kappa shape index (κ1) is 22.4. The van der Waals surface area contributed by atoms with Crippen LogP contribution in [0.5, 0.6) is 0 Å². The van der Waals surface area contributed by atoms with Crippen LogP contribution in [0.1, 0.15) is 33.3 Å². The van der Waals surface area contributed by atoms with Gasteiger partial charge >= 0.3 is 12.1 Å². The highest BCUT2D eigenvalue weighted by Crippen LogP contribution is 2.11. The molecular weight excluding hydrogens is 352 g/mol. The molecule has 0 heterocycles. The fourth-order valence-electron chi connectivity index (χ4n) is 2.00. The molecule has 0 aliphatic heterocycles. The van der Waals surface area contributed by atoms with Crippen molar-refractivity contribution >= 4 is 18.0 Å². The van der Waals surface area contributed by atoms with E-state index in [1.165, 1.54) is 14.0 Å². The van der Waals surface area contributed by atoms with Gasteiger partial charge in [-0.3, -0.25) is 9.69 Å². The topological polar surface area (TPSA) is 105 Å². The van der Waals surface area contributed by atoms with Gasteiger partial charge in [-0.15, -0.1) is 0 Å². The molecule has 2 amide bonds. The van der Waals surface area contributed by atoms with Gasteiger partial charge in [0.15, 0.2) is 6.04 Å². The number of carboxylic acids is 1. The van der Waals surface area contributed by atoms with Crippen LogP contribution in [0.2, 0.25) is 0 Å². The maximum atomic E-state index is 12.3. The Morgan fingerprint density at radius 2 is 1.78 bits per heavy atom. The van der Waals surface area contributed by atoms with E-state index in [1.807, 2.05) is 30.3 Å². The molecule has 2 N–H and O–H groups in total. The molecule has 1 rings (SSSR count). The first-order chi connectivity index (χ1) is 12.5. The van der Waals surface area contributed by atoms with Crippen LogP contribution < -0.4 is 5.32 Å². The summed E-state index contributed by atoms with van der Waals surface area (Å²) in [4.78, 5) is 36.9. The van der Waals surface area contributed by atoms with E-state index in [0.717, 1.165) is 10.5 Å². The largest absolute Gasteiger partial charge is 0.480 e. The summed E-state index contributed by atoms with van der Waals surface area (Å²) in [6, 6.07) is 7.14. The Hall–Kier alpha value is -2.61. The molecule has 2 atom stereocenters. The molecule has 0 fully saturated rings. The minimum absolute atomic E-state index is 0.196. The SMILES string of the molecule is CC(C(=O)NC(COCc1ccccc1)C(=O)O)N(C)C(=O)OC(C)(C)C. The van der Waals surface area contributed by atoms with Crippen LogP contribution in [0.25, 0.3) is 0 Å². The second-order valence-electron chi connectivity index (χ2n) is 7.17. The predicted molar refractivity (Wildman–Crippen MR) is 99.1 cm³/mol. The van der Waals surface area contributed by atoms with Crippen molar-refractivity contribution in [3.05, 3.63) is 35.9 Å². The van der Waals surface area contributed by atoms with Crippen LogP contribution in [0.4, 0.5) is 4.79 Å². The maximum absolute atomic E-state index is 12.3. The number of likely N-dealkylation sites (N-methyl/N-ethyl adjacent to an activating group) is 1. The van der Waals surface area contributed by atoms with Crippen molar-refractivity contribution in [3.63, 3.8) is 0 Å². The molecule has 0 bridgehead atoms. The smallest absolute Gasteiger partial charge is 0.410 e. The maximum Gasteiger partial charge on any atom is 0.410 e. The summed E-state index contributed by atoms with van der Waals surface area (Å²) in [5.41, 5.74) is 0.196. The van der Waals surface area contributed by atoms with Crippen LogP contribution in [0.3, 0.4) is 0 Å². The lowest BCUT2D eigenvalue weighted by atomic mass is 10.2. The predicted octanol–water partition coefficient (Wildman–Crippen LogP) is 2.03. The monoisotopic (exact) mass is 380 g/mol. The molecule has 150 valence electrons. The summed E-state index contributed by atoms with van der Waals surface area (Å²) in [6.07, 6.45) is -0.669. The summed E-state index contributed by atoms with van der Waals surface area (Å²) in [5, 5.41) is 11.7. The van der Waals surface area contributed by atoms with Gasteiger partial charge in [0.25, 0.3) is 0 Å². The fourth-order valence-corrected chi connectivity index (χ4v) is 2.00.